The van der Waals surface area contributed by atoms with Crippen molar-refractivity contribution in [3.8, 4) is 28.5 Å². The molecule has 0 aliphatic rings. The fourth-order valence-electron chi connectivity index (χ4n) is 3.27. The van der Waals surface area contributed by atoms with Gasteiger partial charge in [-0.25, -0.2) is 4.98 Å². The Morgan fingerprint density at radius 3 is 2.50 bits per heavy atom. The number of aryl methyl sites for hydroxylation is 1. The summed E-state index contributed by atoms with van der Waals surface area (Å²) in [6, 6.07) is 13.7. The lowest BCUT2D eigenvalue weighted by Crippen LogP contribution is -2.12. The van der Waals surface area contributed by atoms with Crippen LogP contribution in [0.2, 0.25) is 0 Å². The largest absolute Gasteiger partial charge is 0.494 e. The highest BCUT2D eigenvalue weighted by Crippen LogP contribution is 2.30. The topological polar surface area (TPSA) is 69.7 Å². The van der Waals surface area contributed by atoms with Gasteiger partial charge >= 0.3 is 0 Å². The molecule has 1 amide bonds. The molecule has 182 valence electrons. The number of nitrogens with zero attached hydrogens (tertiary/aromatic N) is 1. The third-order valence-corrected chi connectivity index (χ3v) is 5.84. The summed E-state index contributed by atoms with van der Waals surface area (Å²) in [6.45, 7) is 8.11. The van der Waals surface area contributed by atoms with Crippen molar-refractivity contribution in [2.24, 2.45) is 0 Å². The summed E-state index contributed by atoms with van der Waals surface area (Å²) in [5.74, 6) is 2.27. The highest BCUT2D eigenvalue weighted by molar-refractivity contribution is 7.14. The second kappa shape index (κ2) is 13.6. The number of rotatable bonds is 14. The van der Waals surface area contributed by atoms with E-state index in [0.717, 1.165) is 53.3 Å². The van der Waals surface area contributed by atoms with E-state index in [2.05, 4.69) is 24.1 Å². The Morgan fingerprint density at radius 1 is 0.941 bits per heavy atom. The van der Waals surface area contributed by atoms with Crippen molar-refractivity contribution < 1.29 is 19.0 Å². The van der Waals surface area contributed by atoms with Gasteiger partial charge in [-0.15, -0.1) is 11.3 Å². The third-order valence-electron chi connectivity index (χ3n) is 5.08. The molecule has 2 aromatic carbocycles. The van der Waals surface area contributed by atoms with Crippen LogP contribution in [0.25, 0.3) is 11.3 Å². The monoisotopic (exact) mass is 482 g/mol. The Bertz CT molecular complexity index is 1030. The third kappa shape index (κ3) is 7.76. The summed E-state index contributed by atoms with van der Waals surface area (Å²) in [5, 5.41) is 5.46. The molecule has 6 nitrogen and oxygen atoms in total. The molecule has 0 aliphatic heterocycles. The van der Waals surface area contributed by atoms with Gasteiger partial charge in [0.2, 0.25) is 5.91 Å². The van der Waals surface area contributed by atoms with Gasteiger partial charge in [0.05, 0.1) is 25.5 Å². The maximum Gasteiger partial charge on any atom is 0.226 e. The van der Waals surface area contributed by atoms with E-state index in [4.69, 9.17) is 14.2 Å². The van der Waals surface area contributed by atoms with E-state index in [0.29, 0.717) is 37.8 Å². The lowest BCUT2D eigenvalue weighted by Gasteiger charge is -2.13. The molecule has 1 heterocycles. The minimum absolute atomic E-state index is 0.0644. The average Bonchev–Trinajstić information content (AvgIpc) is 3.31. The molecular weight excluding hydrogens is 448 g/mol. The number of ether oxygens (including phenoxy) is 3. The number of unbranched alkanes of at least 4 members (excludes halogenated alkanes) is 1. The SMILES string of the molecule is CCCCOc1ccc(CCC(=O)Nc2nc(-c3ccc(OCCC)cc3)cs2)cc1OCC. The number of carbonyl (C=O) groups is 1. The number of thiazole rings is 1. The number of hydrogen-bond donors (Lipinski definition) is 1. The summed E-state index contributed by atoms with van der Waals surface area (Å²) < 4.78 is 17.2. The fraction of sp³-hybridized carbons (Fsp3) is 0.407. The molecule has 0 saturated heterocycles. The van der Waals surface area contributed by atoms with E-state index in [9.17, 15) is 4.79 Å². The molecule has 0 spiro atoms. The molecule has 0 radical (unpaired) electrons. The lowest BCUT2D eigenvalue weighted by atomic mass is 10.1. The quantitative estimate of drug-likeness (QED) is 0.257. The predicted octanol–water partition coefficient (Wildman–Crippen LogP) is 6.75. The van der Waals surface area contributed by atoms with Crippen molar-refractivity contribution in [3.05, 3.63) is 53.4 Å². The van der Waals surface area contributed by atoms with Gasteiger partial charge in [0.25, 0.3) is 0 Å². The number of amides is 1. The number of aromatic nitrogens is 1. The van der Waals surface area contributed by atoms with Crippen LogP contribution in [0.1, 0.15) is 52.0 Å². The van der Waals surface area contributed by atoms with Crippen molar-refractivity contribution in [2.75, 3.05) is 25.1 Å². The number of carbonyl (C=O) groups excluding carboxylic acids is 1. The average molecular weight is 483 g/mol. The smallest absolute Gasteiger partial charge is 0.226 e. The number of hydrogen-bond acceptors (Lipinski definition) is 6. The van der Waals surface area contributed by atoms with Gasteiger partial charge in [-0.1, -0.05) is 26.3 Å². The Balaban J connectivity index is 1.53. The first-order valence-corrected chi connectivity index (χ1v) is 12.9. The van der Waals surface area contributed by atoms with Crippen LogP contribution < -0.4 is 19.5 Å². The molecule has 1 N–H and O–H groups in total. The normalized spacial score (nSPS) is 10.7. The van der Waals surface area contributed by atoms with Crippen LogP contribution in [0.5, 0.6) is 17.2 Å². The first-order chi connectivity index (χ1) is 16.6. The molecule has 0 aliphatic carbocycles. The van der Waals surface area contributed by atoms with Gasteiger partial charge in [0.1, 0.15) is 5.75 Å². The summed E-state index contributed by atoms with van der Waals surface area (Å²) >= 11 is 1.42. The van der Waals surface area contributed by atoms with E-state index in [-0.39, 0.29) is 5.91 Å². The summed E-state index contributed by atoms with van der Waals surface area (Å²) in [4.78, 5) is 17.1. The van der Waals surface area contributed by atoms with Crippen LogP contribution in [0, 0.1) is 0 Å². The van der Waals surface area contributed by atoms with Crippen molar-refractivity contribution in [1.29, 1.82) is 0 Å². The number of anilines is 1. The Morgan fingerprint density at radius 2 is 1.76 bits per heavy atom. The lowest BCUT2D eigenvalue weighted by molar-refractivity contribution is -0.116. The second-order valence-corrected chi connectivity index (χ2v) is 8.73. The fourth-order valence-corrected chi connectivity index (χ4v) is 4.00. The minimum atomic E-state index is -0.0644. The summed E-state index contributed by atoms with van der Waals surface area (Å²) in [5.41, 5.74) is 2.86. The molecule has 0 atom stereocenters. The highest BCUT2D eigenvalue weighted by Gasteiger charge is 2.11. The van der Waals surface area contributed by atoms with Crippen LogP contribution >= 0.6 is 11.3 Å². The molecule has 0 unspecified atom stereocenters. The van der Waals surface area contributed by atoms with Crippen LogP contribution in [-0.4, -0.2) is 30.7 Å². The van der Waals surface area contributed by atoms with Gasteiger partial charge in [-0.3, -0.25) is 4.79 Å². The number of nitrogens with one attached hydrogen (secondary N) is 1. The molecule has 3 aromatic rings. The van der Waals surface area contributed by atoms with Gasteiger partial charge in [-0.2, -0.15) is 0 Å². The van der Waals surface area contributed by atoms with Crippen LogP contribution in [0.4, 0.5) is 5.13 Å². The first-order valence-electron chi connectivity index (χ1n) is 12.0. The van der Waals surface area contributed by atoms with E-state index in [1.54, 1.807) is 0 Å². The van der Waals surface area contributed by atoms with E-state index in [1.165, 1.54) is 11.3 Å². The van der Waals surface area contributed by atoms with Gasteiger partial charge in [-0.05, 0) is 68.1 Å². The second-order valence-electron chi connectivity index (χ2n) is 7.88. The molecule has 3 rings (SSSR count). The Hall–Kier alpha value is -3.06. The molecule has 7 heteroatoms. The zero-order valence-electron chi connectivity index (χ0n) is 20.3. The number of benzene rings is 2. The van der Waals surface area contributed by atoms with Crippen molar-refractivity contribution in [1.82, 2.24) is 4.98 Å². The molecule has 0 fully saturated rings. The predicted molar refractivity (Wildman–Crippen MR) is 138 cm³/mol. The maximum absolute atomic E-state index is 12.5. The van der Waals surface area contributed by atoms with Crippen molar-refractivity contribution in [3.63, 3.8) is 0 Å². The van der Waals surface area contributed by atoms with Crippen LogP contribution in [0.15, 0.2) is 47.8 Å². The molecule has 1 aromatic heterocycles. The van der Waals surface area contributed by atoms with Gasteiger partial charge in [0.15, 0.2) is 16.6 Å². The summed E-state index contributed by atoms with van der Waals surface area (Å²) in [7, 11) is 0. The highest BCUT2D eigenvalue weighted by atomic mass is 32.1. The van der Waals surface area contributed by atoms with E-state index in [1.807, 2.05) is 54.8 Å². The van der Waals surface area contributed by atoms with Crippen molar-refractivity contribution >= 4 is 22.4 Å². The Labute approximate surface area is 206 Å². The van der Waals surface area contributed by atoms with Gasteiger partial charge in [0, 0.05) is 17.4 Å². The Kier molecular flexibility index (Phi) is 10.2. The standard InChI is InChI=1S/C27H34N2O4S/c1-4-7-17-33-24-14-8-20(18-25(24)31-6-3)9-15-26(30)29-27-28-23(19-34-27)21-10-12-22(13-11-21)32-16-5-2/h8,10-14,18-19H,4-7,9,15-17H2,1-3H3,(H,28,29,30). The molecule has 0 bridgehead atoms. The van der Waals surface area contributed by atoms with Gasteiger partial charge < -0.3 is 19.5 Å². The molecular formula is C27H34N2O4S. The zero-order valence-corrected chi connectivity index (χ0v) is 21.1. The first kappa shape index (κ1) is 25.6. The van der Waals surface area contributed by atoms with Crippen molar-refractivity contribution in [2.45, 2.75) is 52.9 Å². The maximum atomic E-state index is 12.5. The molecule has 0 saturated carbocycles. The minimum Gasteiger partial charge on any atom is -0.494 e. The van der Waals surface area contributed by atoms with E-state index < -0.39 is 0 Å². The molecule has 34 heavy (non-hydrogen) atoms. The van der Waals surface area contributed by atoms with E-state index >= 15 is 0 Å². The van der Waals surface area contributed by atoms with Crippen LogP contribution in [0.3, 0.4) is 0 Å². The zero-order chi connectivity index (χ0) is 24.2. The van der Waals surface area contributed by atoms with Crippen LogP contribution in [-0.2, 0) is 11.2 Å². The summed E-state index contributed by atoms with van der Waals surface area (Å²) in [6.07, 6.45) is 4.03.